The zero-order valence-electron chi connectivity index (χ0n) is 7.49. The van der Waals surface area contributed by atoms with Crippen LogP contribution in [0.3, 0.4) is 0 Å². The summed E-state index contributed by atoms with van der Waals surface area (Å²) in [7, 11) is 0. The first-order valence-electron chi connectivity index (χ1n) is 4.35. The fourth-order valence-corrected chi connectivity index (χ4v) is 1.61. The van der Waals surface area contributed by atoms with E-state index < -0.39 is 0 Å². The van der Waals surface area contributed by atoms with Crippen molar-refractivity contribution in [2.24, 2.45) is 0 Å². The summed E-state index contributed by atoms with van der Waals surface area (Å²) in [5, 5.41) is 6.20. The number of H-pyrrole nitrogens is 1. The highest BCUT2D eigenvalue weighted by Crippen LogP contribution is 2.20. The van der Waals surface area contributed by atoms with E-state index in [9.17, 15) is 4.79 Å². The first-order valence-corrected chi connectivity index (χ1v) is 4.72. The van der Waals surface area contributed by atoms with E-state index in [-0.39, 0.29) is 10.6 Å². The van der Waals surface area contributed by atoms with Crippen LogP contribution >= 0.6 is 11.6 Å². The minimum absolute atomic E-state index is 0.196. The van der Waals surface area contributed by atoms with E-state index in [4.69, 9.17) is 16.3 Å². The van der Waals surface area contributed by atoms with E-state index >= 15 is 0 Å². The third-order valence-corrected chi connectivity index (χ3v) is 2.49. The maximum absolute atomic E-state index is 11.2. The SMILES string of the molecule is O=c1[nH]ncc(N2CCOCC2)c1Cl. The summed E-state index contributed by atoms with van der Waals surface area (Å²) in [5.74, 6) is 0. The lowest BCUT2D eigenvalue weighted by Crippen LogP contribution is -2.37. The number of aromatic nitrogens is 2. The van der Waals surface area contributed by atoms with Gasteiger partial charge in [0.15, 0.2) is 0 Å². The van der Waals surface area contributed by atoms with Crippen LogP contribution < -0.4 is 10.5 Å². The molecule has 0 radical (unpaired) electrons. The molecule has 0 amide bonds. The molecule has 14 heavy (non-hydrogen) atoms. The summed E-state index contributed by atoms with van der Waals surface area (Å²) in [4.78, 5) is 13.2. The van der Waals surface area contributed by atoms with E-state index in [1.54, 1.807) is 6.20 Å². The number of halogens is 1. The second-order valence-corrected chi connectivity index (χ2v) is 3.38. The minimum atomic E-state index is -0.351. The second kappa shape index (κ2) is 3.98. The van der Waals surface area contributed by atoms with Crippen LogP contribution in [0.25, 0.3) is 0 Å². The molecule has 0 atom stereocenters. The molecule has 1 saturated heterocycles. The number of aromatic amines is 1. The Hall–Kier alpha value is -1.07. The van der Waals surface area contributed by atoms with Gasteiger partial charge in [0, 0.05) is 13.1 Å². The summed E-state index contributed by atoms with van der Waals surface area (Å²) in [6.45, 7) is 2.79. The van der Waals surface area contributed by atoms with Crippen molar-refractivity contribution < 1.29 is 4.74 Å². The maximum atomic E-state index is 11.2. The number of ether oxygens (including phenoxy) is 1. The predicted octanol–water partition coefficient (Wildman–Crippen LogP) is 0.260. The van der Waals surface area contributed by atoms with E-state index in [2.05, 4.69) is 10.2 Å². The summed E-state index contributed by atoms with van der Waals surface area (Å²) in [6, 6.07) is 0. The number of morpholine rings is 1. The minimum Gasteiger partial charge on any atom is -0.378 e. The second-order valence-electron chi connectivity index (χ2n) is 3.00. The lowest BCUT2D eigenvalue weighted by atomic mass is 10.3. The van der Waals surface area contributed by atoms with Crippen molar-refractivity contribution in [3.63, 3.8) is 0 Å². The zero-order chi connectivity index (χ0) is 9.97. The first-order chi connectivity index (χ1) is 6.79. The van der Waals surface area contributed by atoms with E-state index in [1.807, 2.05) is 4.90 Å². The zero-order valence-corrected chi connectivity index (χ0v) is 8.25. The quantitative estimate of drug-likeness (QED) is 0.730. The molecule has 0 bridgehead atoms. The predicted molar refractivity (Wildman–Crippen MR) is 52.9 cm³/mol. The molecule has 2 heterocycles. The molecular formula is C8H10ClN3O2. The van der Waals surface area contributed by atoms with Gasteiger partial charge in [0.05, 0.1) is 25.1 Å². The van der Waals surface area contributed by atoms with Crippen molar-refractivity contribution in [3.05, 3.63) is 21.6 Å². The van der Waals surface area contributed by atoms with Gasteiger partial charge in [-0.1, -0.05) is 11.6 Å². The van der Waals surface area contributed by atoms with Gasteiger partial charge in [-0.2, -0.15) is 5.10 Å². The highest BCUT2D eigenvalue weighted by Gasteiger charge is 2.15. The topological polar surface area (TPSA) is 58.2 Å². The average molecular weight is 216 g/mol. The van der Waals surface area contributed by atoms with E-state index in [0.29, 0.717) is 18.9 Å². The van der Waals surface area contributed by atoms with Gasteiger partial charge in [-0.05, 0) is 0 Å². The van der Waals surface area contributed by atoms with Crippen LogP contribution in [0.5, 0.6) is 0 Å². The summed E-state index contributed by atoms with van der Waals surface area (Å²) in [5.41, 5.74) is 0.328. The van der Waals surface area contributed by atoms with Gasteiger partial charge < -0.3 is 9.64 Å². The Labute approximate surface area is 85.6 Å². The van der Waals surface area contributed by atoms with Gasteiger partial charge in [-0.25, -0.2) is 5.10 Å². The van der Waals surface area contributed by atoms with E-state index in [0.717, 1.165) is 13.1 Å². The molecule has 0 saturated carbocycles. The molecule has 76 valence electrons. The van der Waals surface area contributed by atoms with Crippen molar-refractivity contribution in [2.75, 3.05) is 31.2 Å². The van der Waals surface area contributed by atoms with Crippen molar-refractivity contribution in [1.82, 2.24) is 10.2 Å². The molecule has 0 aromatic carbocycles. The van der Waals surface area contributed by atoms with Crippen LogP contribution in [0.1, 0.15) is 0 Å². The highest BCUT2D eigenvalue weighted by atomic mass is 35.5. The molecule has 1 aliphatic rings. The molecule has 2 rings (SSSR count). The molecule has 0 aliphatic carbocycles. The van der Waals surface area contributed by atoms with Gasteiger partial charge in [0.2, 0.25) is 0 Å². The molecular weight excluding hydrogens is 206 g/mol. The van der Waals surface area contributed by atoms with Gasteiger partial charge in [-0.3, -0.25) is 4.79 Å². The standard InChI is InChI=1S/C8H10ClN3O2/c9-7-6(5-10-11-8(7)13)12-1-3-14-4-2-12/h5H,1-4H2,(H,11,13). The Morgan fingerprint density at radius 2 is 2.21 bits per heavy atom. The number of nitrogens with zero attached hydrogens (tertiary/aromatic N) is 2. The number of anilines is 1. The summed E-state index contributed by atoms with van der Waals surface area (Å²) in [6.07, 6.45) is 1.56. The van der Waals surface area contributed by atoms with Crippen molar-refractivity contribution >= 4 is 17.3 Å². The maximum Gasteiger partial charge on any atom is 0.285 e. The van der Waals surface area contributed by atoms with Crippen LogP contribution in [-0.4, -0.2) is 36.5 Å². The van der Waals surface area contributed by atoms with Gasteiger partial charge >= 0.3 is 0 Å². The molecule has 1 aromatic rings. The van der Waals surface area contributed by atoms with E-state index in [1.165, 1.54) is 0 Å². The first kappa shape index (κ1) is 9.48. The lowest BCUT2D eigenvalue weighted by Gasteiger charge is -2.28. The van der Waals surface area contributed by atoms with Crippen LogP contribution in [0.2, 0.25) is 5.02 Å². The lowest BCUT2D eigenvalue weighted by molar-refractivity contribution is 0.122. The van der Waals surface area contributed by atoms with Crippen molar-refractivity contribution in [3.8, 4) is 0 Å². The van der Waals surface area contributed by atoms with Crippen LogP contribution in [-0.2, 0) is 4.74 Å². The van der Waals surface area contributed by atoms with Crippen LogP contribution in [0, 0.1) is 0 Å². The fourth-order valence-electron chi connectivity index (χ4n) is 1.40. The average Bonchev–Trinajstić information content (AvgIpc) is 2.23. The van der Waals surface area contributed by atoms with Gasteiger partial charge in [0.1, 0.15) is 5.02 Å². The van der Waals surface area contributed by atoms with Gasteiger partial charge in [-0.15, -0.1) is 0 Å². The normalized spacial score (nSPS) is 17.1. The summed E-state index contributed by atoms with van der Waals surface area (Å²) < 4.78 is 5.20. The Balaban J connectivity index is 2.30. The molecule has 5 nitrogen and oxygen atoms in total. The molecule has 1 aromatic heterocycles. The summed E-state index contributed by atoms with van der Waals surface area (Å²) >= 11 is 5.86. The monoisotopic (exact) mass is 215 g/mol. The molecule has 6 heteroatoms. The molecule has 1 aliphatic heterocycles. The third kappa shape index (κ3) is 1.73. The number of rotatable bonds is 1. The number of nitrogens with one attached hydrogen (secondary N) is 1. The van der Waals surface area contributed by atoms with Crippen molar-refractivity contribution in [1.29, 1.82) is 0 Å². The molecule has 1 N–H and O–H groups in total. The largest absolute Gasteiger partial charge is 0.378 e. The van der Waals surface area contributed by atoms with Crippen molar-refractivity contribution in [2.45, 2.75) is 0 Å². The Morgan fingerprint density at radius 3 is 2.93 bits per heavy atom. The smallest absolute Gasteiger partial charge is 0.285 e. The highest BCUT2D eigenvalue weighted by molar-refractivity contribution is 6.32. The Kier molecular flexibility index (Phi) is 2.69. The number of hydrogen-bond acceptors (Lipinski definition) is 4. The van der Waals surface area contributed by atoms with Crippen LogP contribution in [0.4, 0.5) is 5.69 Å². The number of hydrogen-bond donors (Lipinski definition) is 1. The fraction of sp³-hybridized carbons (Fsp3) is 0.500. The third-order valence-electron chi connectivity index (χ3n) is 2.13. The molecule has 0 spiro atoms. The van der Waals surface area contributed by atoms with Gasteiger partial charge in [0.25, 0.3) is 5.56 Å². The molecule has 0 unspecified atom stereocenters. The van der Waals surface area contributed by atoms with Crippen LogP contribution in [0.15, 0.2) is 11.0 Å². The Bertz CT molecular complexity index is 373. The molecule has 1 fully saturated rings. The Morgan fingerprint density at radius 1 is 1.50 bits per heavy atom.